The highest BCUT2D eigenvalue weighted by molar-refractivity contribution is 5.80. The molecule has 158 valence electrons. The van der Waals surface area contributed by atoms with Crippen LogP contribution in [-0.4, -0.2) is 32.2 Å². The van der Waals surface area contributed by atoms with Gasteiger partial charge in [0, 0.05) is 18.2 Å². The molecule has 0 amide bonds. The maximum absolute atomic E-state index is 5.87. The topological polar surface area (TPSA) is 80.9 Å². The number of rotatable bonds is 7. The Balaban J connectivity index is 1.63. The van der Waals surface area contributed by atoms with Gasteiger partial charge in [-0.05, 0) is 32.0 Å². The Morgan fingerprint density at radius 3 is 2.57 bits per heavy atom. The third-order valence-corrected chi connectivity index (χ3v) is 4.78. The molecule has 7 heteroatoms. The Morgan fingerprint density at radius 2 is 1.90 bits per heavy atom. The molecule has 0 bridgehead atoms. The predicted octanol–water partition coefficient (Wildman–Crippen LogP) is 4.09. The standard InChI is InChI=1S/C23H28N4O3/c1-15-6-8-17(9-7-15)21-13-25-22(30-21)14-26-23(24-3)27-16(2)19-12-18(28-4)10-11-20(19)29-5/h6-13,16H,14H2,1-5H3,(H2,24,26,27). The zero-order valence-electron chi connectivity index (χ0n) is 18.0. The van der Waals surface area contributed by atoms with E-state index in [2.05, 4.69) is 39.7 Å². The minimum Gasteiger partial charge on any atom is -0.497 e. The lowest BCUT2D eigenvalue weighted by atomic mass is 10.1. The fourth-order valence-corrected chi connectivity index (χ4v) is 3.06. The Morgan fingerprint density at radius 1 is 1.13 bits per heavy atom. The Bertz CT molecular complexity index is 996. The van der Waals surface area contributed by atoms with E-state index in [1.165, 1.54) is 5.56 Å². The second-order valence-corrected chi connectivity index (χ2v) is 6.88. The van der Waals surface area contributed by atoms with Crippen LogP contribution in [0.5, 0.6) is 11.5 Å². The molecule has 30 heavy (non-hydrogen) atoms. The van der Waals surface area contributed by atoms with Gasteiger partial charge in [-0.2, -0.15) is 0 Å². The molecule has 0 aliphatic heterocycles. The zero-order chi connectivity index (χ0) is 21.5. The summed E-state index contributed by atoms with van der Waals surface area (Å²) >= 11 is 0. The lowest BCUT2D eigenvalue weighted by Gasteiger charge is -2.20. The minimum atomic E-state index is -0.0612. The largest absolute Gasteiger partial charge is 0.497 e. The molecule has 2 aromatic carbocycles. The van der Waals surface area contributed by atoms with Crippen molar-refractivity contribution in [2.24, 2.45) is 4.99 Å². The quantitative estimate of drug-likeness (QED) is 0.453. The van der Waals surface area contributed by atoms with Crippen molar-refractivity contribution >= 4 is 5.96 Å². The van der Waals surface area contributed by atoms with Gasteiger partial charge in [0.05, 0.1) is 33.0 Å². The molecule has 0 saturated heterocycles. The number of oxazole rings is 1. The summed E-state index contributed by atoms with van der Waals surface area (Å²) in [5.74, 6) is 3.50. The number of guanidine groups is 1. The number of benzene rings is 2. The van der Waals surface area contributed by atoms with Crippen LogP contribution in [0.4, 0.5) is 0 Å². The van der Waals surface area contributed by atoms with Crippen LogP contribution in [0.25, 0.3) is 11.3 Å². The number of nitrogens with zero attached hydrogens (tertiary/aromatic N) is 2. The van der Waals surface area contributed by atoms with Gasteiger partial charge < -0.3 is 24.5 Å². The molecule has 3 rings (SSSR count). The lowest BCUT2D eigenvalue weighted by Crippen LogP contribution is -2.38. The van der Waals surface area contributed by atoms with Crippen molar-refractivity contribution in [2.75, 3.05) is 21.3 Å². The van der Waals surface area contributed by atoms with Crippen LogP contribution < -0.4 is 20.1 Å². The molecule has 3 aromatic rings. The van der Waals surface area contributed by atoms with E-state index < -0.39 is 0 Å². The maximum atomic E-state index is 5.87. The summed E-state index contributed by atoms with van der Waals surface area (Å²) in [4.78, 5) is 8.65. The average molecular weight is 409 g/mol. The van der Waals surface area contributed by atoms with E-state index in [0.29, 0.717) is 18.4 Å². The first kappa shape index (κ1) is 21.2. The van der Waals surface area contributed by atoms with Gasteiger partial charge in [0.25, 0.3) is 0 Å². The molecular weight excluding hydrogens is 380 g/mol. The van der Waals surface area contributed by atoms with Crippen molar-refractivity contribution in [1.29, 1.82) is 0 Å². The zero-order valence-corrected chi connectivity index (χ0v) is 18.0. The van der Waals surface area contributed by atoms with Crippen molar-refractivity contribution in [3.05, 3.63) is 65.7 Å². The van der Waals surface area contributed by atoms with Crippen molar-refractivity contribution < 1.29 is 13.9 Å². The maximum Gasteiger partial charge on any atom is 0.214 e. The molecule has 0 spiro atoms. The lowest BCUT2D eigenvalue weighted by molar-refractivity contribution is 0.394. The summed E-state index contributed by atoms with van der Waals surface area (Å²) < 4.78 is 16.7. The molecule has 2 N–H and O–H groups in total. The van der Waals surface area contributed by atoms with E-state index in [1.807, 2.05) is 37.3 Å². The first-order valence-electron chi connectivity index (χ1n) is 9.75. The van der Waals surface area contributed by atoms with Crippen LogP contribution in [0.1, 0.15) is 30.0 Å². The van der Waals surface area contributed by atoms with Crippen LogP contribution in [0.3, 0.4) is 0 Å². The third kappa shape index (κ3) is 5.11. The summed E-state index contributed by atoms with van der Waals surface area (Å²) in [5, 5.41) is 6.59. The summed E-state index contributed by atoms with van der Waals surface area (Å²) in [5.41, 5.74) is 3.18. The normalized spacial score (nSPS) is 12.4. The molecule has 0 radical (unpaired) electrons. The van der Waals surface area contributed by atoms with E-state index >= 15 is 0 Å². The Kier molecular flexibility index (Phi) is 6.95. The summed E-state index contributed by atoms with van der Waals surface area (Å²) in [6.45, 7) is 4.50. The van der Waals surface area contributed by atoms with Crippen molar-refractivity contribution in [1.82, 2.24) is 15.6 Å². The number of aliphatic imine (C=N–C) groups is 1. The van der Waals surface area contributed by atoms with Gasteiger partial charge >= 0.3 is 0 Å². The number of hydrogen-bond donors (Lipinski definition) is 2. The smallest absolute Gasteiger partial charge is 0.214 e. The second-order valence-electron chi connectivity index (χ2n) is 6.88. The number of nitrogens with one attached hydrogen (secondary N) is 2. The predicted molar refractivity (Wildman–Crippen MR) is 118 cm³/mol. The van der Waals surface area contributed by atoms with E-state index in [1.54, 1.807) is 27.5 Å². The van der Waals surface area contributed by atoms with Crippen LogP contribution in [0.2, 0.25) is 0 Å². The first-order chi connectivity index (χ1) is 14.5. The number of hydrogen-bond acceptors (Lipinski definition) is 5. The average Bonchev–Trinajstić information content (AvgIpc) is 3.25. The van der Waals surface area contributed by atoms with Gasteiger partial charge in [0.15, 0.2) is 11.7 Å². The SMILES string of the molecule is CN=C(NCc1ncc(-c2ccc(C)cc2)o1)NC(C)c1cc(OC)ccc1OC. The van der Waals surface area contributed by atoms with Gasteiger partial charge in [-0.3, -0.25) is 4.99 Å². The number of ether oxygens (including phenoxy) is 2. The molecule has 1 heterocycles. The molecular formula is C23H28N4O3. The second kappa shape index (κ2) is 9.82. The number of methoxy groups -OCH3 is 2. The molecule has 7 nitrogen and oxygen atoms in total. The van der Waals surface area contributed by atoms with Crippen molar-refractivity contribution in [2.45, 2.75) is 26.4 Å². The fraction of sp³-hybridized carbons (Fsp3) is 0.304. The monoisotopic (exact) mass is 408 g/mol. The van der Waals surface area contributed by atoms with E-state index in [0.717, 1.165) is 28.4 Å². The highest BCUT2D eigenvalue weighted by Gasteiger charge is 2.15. The summed E-state index contributed by atoms with van der Waals surface area (Å²) in [6.07, 6.45) is 1.74. The van der Waals surface area contributed by atoms with Crippen LogP contribution in [0, 0.1) is 6.92 Å². The van der Waals surface area contributed by atoms with E-state index in [-0.39, 0.29) is 6.04 Å². The van der Waals surface area contributed by atoms with Gasteiger partial charge in [0.2, 0.25) is 5.89 Å². The molecule has 1 unspecified atom stereocenters. The molecule has 0 saturated carbocycles. The summed E-state index contributed by atoms with van der Waals surface area (Å²) in [7, 11) is 5.02. The van der Waals surface area contributed by atoms with Crippen LogP contribution >= 0.6 is 0 Å². The van der Waals surface area contributed by atoms with Crippen LogP contribution in [0.15, 0.2) is 58.1 Å². The Labute approximate surface area is 177 Å². The Hall–Kier alpha value is -3.48. The molecule has 0 fully saturated rings. The van der Waals surface area contributed by atoms with Gasteiger partial charge in [0.1, 0.15) is 11.5 Å². The van der Waals surface area contributed by atoms with E-state index in [4.69, 9.17) is 13.9 Å². The summed E-state index contributed by atoms with van der Waals surface area (Å²) in [6, 6.07) is 13.8. The van der Waals surface area contributed by atoms with Crippen LogP contribution in [-0.2, 0) is 6.54 Å². The number of aryl methyl sites for hydroxylation is 1. The molecule has 0 aliphatic carbocycles. The fourth-order valence-electron chi connectivity index (χ4n) is 3.06. The molecule has 0 aliphatic rings. The third-order valence-electron chi connectivity index (χ3n) is 4.78. The van der Waals surface area contributed by atoms with Crippen molar-refractivity contribution in [3.8, 4) is 22.8 Å². The van der Waals surface area contributed by atoms with Gasteiger partial charge in [-0.25, -0.2) is 4.98 Å². The highest BCUT2D eigenvalue weighted by Crippen LogP contribution is 2.29. The van der Waals surface area contributed by atoms with E-state index in [9.17, 15) is 0 Å². The first-order valence-corrected chi connectivity index (χ1v) is 9.75. The minimum absolute atomic E-state index is 0.0612. The highest BCUT2D eigenvalue weighted by atomic mass is 16.5. The number of aromatic nitrogens is 1. The van der Waals surface area contributed by atoms with Crippen molar-refractivity contribution in [3.63, 3.8) is 0 Å². The van der Waals surface area contributed by atoms with Gasteiger partial charge in [-0.1, -0.05) is 29.8 Å². The molecule has 1 aromatic heterocycles. The van der Waals surface area contributed by atoms with Gasteiger partial charge in [-0.15, -0.1) is 0 Å². The molecule has 1 atom stereocenters.